The number of fused-ring (bicyclic) bond motifs is 9. The summed E-state index contributed by atoms with van der Waals surface area (Å²) in [6, 6.07) is 67.9. The summed E-state index contributed by atoms with van der Waals surface area (Å²) in [6.07, 6.45) is 13.5. The zero-order valence-corrected chi connectivity index (χ0v) is 89.2. The van der Waals surface area contributed by atoms with Crippen LogP contribution in [0.1, 0.15) is 394 Å². The van der Waals surface area contributed by atoms with Crippen molar-refractivity contribution in [1.29, 1.82) is 0 Å². The Morgan fingerprint density at radius 1 is 0.298 bits per heavy atom. The van der Waals surface area contributed by atoms with Crippen molar-refractivity contribution < 1.29 is 4.79 Å². The topological polar surface area (TPSA) is 33.3 Å². The number of hydrogen-bond donors (Lipinski definition) is 0. The Hall–Kier alpha value is -8.49. The van der Waals surface area contributed by atoms with E-state index in [9.17, 15) is 4.79 Å². The number of amides is 1. The molecule has 0 fully saturated rings. The fraction of sp³-hybridized carbons (Fsp3) is 0.512. The Balaban J connectivity index is 0.000000153. The van der Waals surface area contributed by atoms with Crippen LogP contribution < -0.4 is 0 Å². The van der Waals surface area contributed by atoms with Gasteiger partial charge in [-0.15, -0.1) is 0 Å². The highest BCUT2D eigenvalue weighted by molar-refractivity contribution is 5.98. The highest BCUT2D eigenvalue weighted by Crippen LogP contribution is 2.41. The summed E-state index contributed by atoms with van der Waals surface area (Å²) >= 11 is 0. The van der Waals surface area contributed by atoms with Crippen LogP contribution in [-0.2, 0) is 120 Å². The van der Waals surface area contributed by atoms with Gasteiger partial charge in [0.1, 0.15) is 0 Å². The van der Waals surface area contributed by atoms with Crippen molar-refractivity contribution in [1.82, 2.24) is 24.5 Å². The molecule has 3 aliphatic carbocycles. The molecule has 706 valence electrons. The number of rotatable bonds is 0. The van der Waals surface area contributed by atoms with E-state index in [0.717, 1.165) is 68.8 Å². The number of hydrogen-bond acceptors (Lipinski definition) is 5. The summed E-state index contributed by atoms with van der Waals surface area (Å²) in [4.78, 5) is 23.0. The standard InChI is InChI=1S/C15H22.C15H18.2C14H21N.C14H20.C14H18.C13H17NO.2C13H19N/c2*1-11-6-5-7-12-8-9-13(10-14(11)12)15(2,3)4;1-14(2,3)13-6-5-11-7-8-15(4)10-12(11)9-13;1-14(2,3)13-7-5-6-11-10-15(4)9-8-12(11)13;2*1-10-5-6-11-7-8-12(9-13(10)11)14(2,3)4;1-13(2,3)10-5-6-11-9(7-10)8-14(4)12(11)15;1-13(2,3)12-6-5-10-8-14(4)9-11(10)7-12;1-13(2,3)12-7-5-6-10-8-14(4)9-11(10)12/h8-11H,5-7H2,1-4H3;5-10H,1-4H3;5-6,9H,7-8,10H2,1-4H3;5-7H,8-10H2,1-4H3;7-10H,5-6H2,1-4H3;5-10H,1-4H3;5-7H,8H2,1-4H3;2*5-7H,8-9H2,1-4H3. The Labute approximate surface area is 799 Å². The smallest absolute Gasteiger partial charge is 0.254 e. The molecule has 8 aliphatic rings. The molecule has 3 unspecified atom stereocenters. The maximum atomic E-state index is 11.7. The van der Waals surface area contributed by atoms with Crippen LogP contribution in [0.2, 0.25) is 0 Å². The van der Waals surface area contributed by atoms with Crippen LogP contribution in [-0.4, -0.2) is 78.7 Å². The Morgan fingerprint density at radius 3 is 1.22 bits per heavy atom. The van der Waals surface area contributed by atoms with Crippen LogP contribution in [0.15, 0.2) is 188 Å². The van der Waals surface area contributed by atoms with Crippen LogP contribution in [0, 0.1) is 6.92 Å². The zero-order chi connectivity index (χ0) is 96.8. The summed E-state index contributed by atoms with van der Waals surface area (Å²) in [6.45, 7) is 80.3. The van der Waals surface area contributed by atoms with E-state index in [0.29, 0.717) is 5.92 Å². The highest BCUT2D eigenvalue weighted by Gasteiger charge is 2.31. The number of carbonyl (C=O) groups is 1. The molecule has 6 nitrogen and oxygen atoms in total. The van der Waals surface area contributed by atoms with Crippen LogP contribution >= 0.6 is 0 Å². The van der Waals surface area contributed by atoms with Crippen molar-refractivity contribution in [3.63, 3.8) is 0 Å². The lowest BCUT2D eigenvalue weighted by Gasteiger charge is -2.31. The minimum absolute atomic E-state index is 0.144. The molecule has 5 heterocycles. The Bertz CT molecular complexity index is 5550. The maximum Gasteiger partial charge on any atom is 0.254 e. The molecule has 1 amide bonds. The minimum atomic E-state index is 0.144. The molecule has 131 heavy (non-hydrogen) atoms. The lowest BCUT2D eigenvalue weighted by atomic mass is 9.79. The van der Waals surface area contributed by atoms with Crippen LogP contribution in [0.5, 0.6) is 0 Å². The van der Waals surface area contributed by atoms with Crippen molar-refractivity contribution >= 4 is 22.8 Å². The molecule has 0 bridgehead atoms. The monoisotopic (exact) mass is 1760 g/mol. The second-order valence-electron chi connectivity index (χ2n) is 49.5. The summed E-state index contributed by atoms with van der Waals surface area (Å²) < 4.78 is 0. The van der Waals surface area contributed by atoms with Crippen molar-refractivity contribution in [2.75, 3.05) is 48.3 Å². The summed E-state index contributed by atoms with van der Waals surface area (Å²) in [5.74, 6) is 2.26. The van der Waals surface area contributed by atoms with E-state index in [1.807, 2.05) is 13.1 Å². The van der Waals surface area contributed by atoms with Gasteiger partial charge in [-0.3, -0.25) is 14.6 Å². The van der Waals surface area contributed by atoms with E-state index in [1.165, 1.54) is 163 Å². The molecular formula is C125H175N5O. The van der Waals surface area contributed by atoms with Gasteiger partial charge in [-0.1, -0.05) is 396 Å². The molecule has 6 heteroatoms. The van der Waals surface area contributed by atoms with E-state index in [4.69, 9.17) is 0 Å². The van der Waals surface area contributed by atoms with Gasteiger partial charge in [0.2, 0.25) is 0 Å². The normalized spacial score (nSPS) is 17.7. The molecule has 18 rings (SSSR count). The average Bonchev–Trinajstić information content (AvgIpc) is 1.49. The van der Waals surface area contributed by atoms with Gasteiger partial charge in [-0.2, -0.15) is 0 Å². The van der Waals surface area contributed by atoms with Crippen molar-refractivity contribution in [3.05, 3.63) is 333 Å². The molecule has 0 N–H and O–H groups in total. The Morgan fingerprint density at radius 2 is 0.687 bits per heavy atom. The second-order valence-corrected chi connectivity index (χ2v) is 49.5. The van der Waals surface area contributed by atoms with E-state index in [1.54, 1.807) is 43.8 Å². The number of benzene rings is 10. The molecule has 0 saturated heterocycles. The maximum absolute atomic E-state index is 11.7. The van der Waals surface area contributed by atoms with Gasteiger partial charge in [0.15, 0.2) is 0 Å². The number of nitrogens with zero attached hydrogens (tertiary/aromatic N) is 5. The van der Waals surface area contributed by atoms with Gasteiger partial charge in [0, 0.05) is 71.5 Å². The van der Waals surface area contributed by atoms with Gasteiger partial charge in [-0.25, -0.2) is 0 Å². The zero-order valence-electron chi connectivity index (χ0n) is 89.2. The SMILES string of the molecule is CC1C=Cc2ccc(C(C)(C)C)cc21.CC1CCCc2ccc(C(C)(C)C)cc21.CC1CCc2ccc(C(C)(C)C)cc21.CN1CCc2c(cccc2C(C)(C)C)C1.CN1CCc2ccc(C(C)(C)C)cc2C1.CN1Cc2cc(C(C)(C)C)ccc2C1=O.CN1Cc2ccc(C(C)(C)C)cc2C1.CN1Cc2cccc(C(C)(C)C)c2C1.Cc1cccc2ccc(C(C)(C)C)cc12. The molecule has 0 radical (unpaired) electrons. The molecule has 10 aromatic rings. The van der Waals surface area contributed by atoms with E-state index >= 15 is 0 Å². The molecule has 0 aromatic heterocycles. The van der Waals surface area contributed by atoms with Crippen LogP contribution in [0.25, 0.3) is 16.8 Å². The minimum Gasteiger partial charge on any atom is -0.337 e. The first-order chi connectivity index (χ1) is 60.7. The quantitative estimate of drug-likeness (QED) is 0.151. The average molecular weight is 1760 g/mol. The number of carbonyl (C=O) groups excluding carboxylic acids is 1. The van der Waals surface area contributed by atoms with Crippen LogP contribution in [0.3, 0.4) is 0 Å². The number of allylic oxidation sites excluding steroid dienone is 1. The van der Waals surface area contributed by atoms with Crippen LogP contribution in [0.4, 0.5) is 0 Å². The molecular weight excluding hydrogens is 1590 g/mol. The van der Waals surface area contributed by atoms with Crippen molar-refractivity contribution in [2.45, 2.75) is 372 Å². The third kappa shape index (κ3) is 28.1. The van der Waals surface area contributed by atoms with Gasteiger partial charge < -0.3 is 14.7 Å². The first-order valence-electron chi connectivity index (χ1n) is 49.9. The molecule has 3 atom stereocenters. The largest absolute Gasteiger partial charge is 0.337 e. The summed E-state index contributed by atoms with van der Waals surface area (Å²) in [5, 5.41) is 2.72. The fourth-order valence-electron chi connectivity index (χ4n) is 19.5. The molecule has 0 spiro atoms. The highest BCUT2D eigenvalue weighted by atomic mass is 16.2. The first-order valence-corrected chi connectivity index (χ1v) is 49.9. The van der Waals surface area contributed by atoms with Gasteiger partial charge >= 0.3 is 0 Å². The molecule has 10 aromatic carbocycles. The van der Waals surface area contributed by atoms with Gasteiger partial charge in [-0.05, 0) is 302 Å². The third-order valence-electron chi connectivity index (χ3n) is 28.4. The number of aryl methyl sites for hydroxylation is 3. The summed E-state index contributed by atoms with van der Waals surface area (Å²) in [7, 11) is 10.6. The second kappa shape index (κ2) is 42.2. The lowest BCUT2D eigenvalue weighted by Crippen LogP contribution is -2.29. The first kappa shape index (κ1) is 105. The van der Waals surface area contributed by atoms with E-state index < -0.39 is 0 Å². The van der Waals surface area contributed by atoms with Gasteiger partial charge in [0.25, 0.3) is 5.91 Å². The van der Waals surface area contributed by atoms with Crippen molar-refractivity contribution in [3.8, 4) is 0 Å². The van der Waals surface area contributed by atoms with E-state index in [2.05, 4.69) is 451 Å². The van der Waals surface area contributed by atoms with Gasteiger partial charge in [0.05, 0.1) is 0 Å². The predicted octanol–water partition coefficient (Wildman–Crippen LogP) is 31.4. The number of likely N-dealkylation sites (N-methyl/N-ethyl adjacent to an activating group) is 2. The van der Waals surface area contributed by atoms with Crippen molar-refractivity contribution in [2.24, 2.45) is 0 Å². The lowest BCUT2D eigenvalue weighted by molar-refractivity contribution is 0.0816. The fourth-order valence-corrected chi connectivity index (χ4v) is 19.5. The third-order valence-corrected chi connectivity index (χ3v) is 28.4. The predicted molar refractivity (Wildman–Crippen MR) is 570 cm³/mol. The molecule has 5 aliphatic heterocycles. The molecule has 0 saturated carbocycles. The summed E-state index contributed by atoms with van der Waals surface area (Å²) in [5.41, 5.74) is 40.3. The van der Waals surface area contributed by atoms with E-state index in [-0.39, 0.29) is 54.6 Å². The Kier molecular flexibility index (Phi) is 33.7.